The molecule has 4 atom stereocenters. The smallest absolute Gasteiger partial charge is 0.325 e. The number of hydrogen-bond donors (Lipinski definition) is 3. The minimum atomic E-state index is -0.890. The van der Waals surface area contributed by atoms with Gasteiger partial charge in [0.25, 0.3) is 0 Å². The Labute approximate surface area is 265 Å². The van der Waals surface area contributed by atoms with Crippen molar-refractivity contribution in [2.45, 2.75) is 58.2 Å². The highest BCUT2D eigenvalue weighted by Crippen LogP contribution is 2.35. The van der Waals surface area contributed by atoms with Gasteiger partial charge in [0, 0.05) is 23.4 Å². The maximum absolute atomic E-state index is 14.7. The molecule has 45 heavy (non-hydrogen) atoms. The molecule has 13 heteroatoms. The molecule has 0 aliphatic carbocycles. The summed E-state index contributed by atoms with van der Waals surface area (Å²) in [6.07, 6.45) is 3.42. The first-order valence-electron chi connectivity index (χ1n) is 14.9. The van der Waals surface area contributed by atoms with Crippen molar-refractivity contribution in [1.29, 1.82) is 0 Å². The van der Waals surface area contributed by atoms with Crippen LogP contribution in [-0.2, 0) is 19.1 Å². The summed E-state index contributed by atoms with van der Waals surface area (Å²) in [4.78, 5) is 43.2. The standard InChI is InChI=1S/C32H35ClFN7O4/c1-4-45-28(42)17-36-21-11-12-22-20-13-14-35-26(15-20)24(9-5-7-18(2)31(43)38-25(22)16-21)37-32(44)30-19(3)41(40-39-30)27-10-6-8-23(33)29(27)34/h6,8,10-16,18-19,24,30,36H,4-5,7,9,17H2,1-3H3,(H,37,44)(H,38,43). The summed E-state index contributed by atoms with van der Waals surface area (Å²) < 4.78 is 19.7. The van der Waals surface area contributed by atoms with E-state index < -0.39 is 23.9 Å². The van der Waals surface area contributed by atoms with E-state index in [4.69, 9.17) is 16.3 Å². The average Bonchev–Trinajstić information content (AvgIpc) is 3.41. The zero-order valence-electron chi connectivity index (χ0n) is 25.2. The number of anilines is 3. The van der Waals surface area contributed by atoms with E-state index in [-0.39, 0.29) is 47.6 Å². The summed E-state index contributed by atoms with van der Waals surface area (Å²) in [7, 11) is 0. The van der Waals surface area contributed by atoms with Crippen LogP contribution in [-0.4, -0.2) is 48.0 Å². The van der Waals surface area contributed by atoms with E-state index >= 15 is 0 Å². The van der Waals surface area contributed by atoms with E-state index in [0.717, 1.165) is 11.1 Å². The molecule has 3 N–H and O–H groups in total. The Morgan fingerprint density at radius 3 is 2.78 bits per heavy atom. The lowest BCUT2D eigenvalue weighted by Gasteiger charge is -2.25. The van der Waals surface area contributed by atoms with Gasteiger partial charge in [0.2, 0.25) is 11.8 Å². The third-order valence-electron chi connectivity index (χ3n) is 7.92. The summed E-state index contributed by atoms with van der Waals surface area (Å²) in [5, 5.41) is 18.7. The van der Waals surface area contributed by atoms with Crippen LogP contribution in [0.5, 0.6) is 0 Å². The van der Waals surface area contributed by atoms with Crippen molar-refractivity contribution in [1.82, 2.24) is 10.3 Å². The molecule has 0 radical (unpaired) electrons. The number of pyridine rings is 1. The fraction of sp³-hybridized carbons (Fsp3) is 0.375. The lowest BCUT2D eigenvalue weighted by atomic mass is 9.95. The largest absolute Gasteiger partial charge is 0.465 e. The summed E-state index contributed by atoms with van der Waals surface area (Å²) >= 11 is 5.96. The maximum Gasteiger partial charge on any atom is 0.325 e. The van der Waals surface area contributed by atoms with Crippen molar-refractivity contribution in [2.24, 2.45) is 16.3 Å². The van der Waals surface area contributed by atoms with Gasteiger partial charge in [-0.3, -0.25) is 19.4 Å². The van der Waals surface area contributed by atoms with E-state index in [1.807, 2.05) is 31.2 Å². The first-order chi connectivity index (χ1) is 21.7. The topological polar surface area (TPSA) is 137 Å². The number of carbonyl (C=O) groups excluding carboxylic acids is 3. The fourth-order valence-electron chi connectivity index (χ4n) is 5.40. The van der Waals surface area contributed by atoms with E-state index in [1.54, 1.807) is 32.2 Å². The Hall–Kier alpha value is -4.58. The normalized spacial score (nSPS) is 21.2. The van der Waals surface area contributed by atoms with Gasteiger partial charge >= 0.3 is 5.97 Å². The number of fused-ring (bicyclic) bond motifs is 4. The average molecular weight is 636 g/mol. The highest BCUT2D eigenvalue weighted by atomic mass is 35.5. The predicted octanol–water partition coefficient (Wildman–Crippen LogP) is 6.08. The van der Waals surface area contributed by atoms with Crippen LogP contribution >= 0.6 is 11.6 Å². The quantitative estimate of drug-likeness (QED) is 0.268. The zero-order valence-corrected chi connectivity index (χ0v) is 26.0. The number of rotatable bonds is 7. The number of esters is 1. The van der Waals surface area contributed by atoms with Crippen LogP contribution in [0.15, 0.2) is 65.1 Å². The number of halogens is 2. The van der Waals surface area contributed by atoms with Crippen LogP contribution in [0.1, 0.15) is 51.8 Å². The predicted molar refractivity (Wildman–Crippen MR) is 169 cm³/mol. The van der Waals surface area contributed by atoms with E-state index in [0.29, 0.717) is 36.3 Å². The molecule has 3 aromatic rings. The molecule has 2 amide bonds. The molecule has 1 aromatic heterocycles. The highest BCUT2D eigenvalue weighted by Gasteiger charge is 2.37. The highest BCUT2D eigenvalue weighted by molar-refractivity contribution is 6.31. The van der Waals surface area contributed by atoms with Gasteiger partial charge in [-0.2, -0.15) is 5.11 Å². The molecule has 11 nitrogen and oxygen atoms in total. The molecule has 2 bridgehead atoms. The second-order valence-electron chi connectivity index (χ2n) is 11.1. The summed E-state index contributed by atoms with van der Waals surface area (Å²) in [5.41, 5.74) is 3.55. The van der Waals surface area contributed by atoms with Gasteiger partial charge in [-0.25, -0.2) is 9.40 Å². The Morgan fingerprint density at radius 1 is 1.16 bits per heavy atom. The second kappa shape index (κ2) is 14.0. The van der Waals surface area contributed by atoms with Crippen molar-refractivity contribution in [3.05, 3.63) is 71.3 Å². The molecule has 3 heterocycles. The van der Waals surface area contributed by atoms with Crippen LogP contribution in [0.4, 0.5) is 21.5 Å². The van der Waals surface area contributed by atoms with Crippen LogP contribution in [0, 0.1) is 11.7 Å². The van der Waals surface area contributed by atoms with Crippen molar-refractivity contribution < 1.29 is 23.5 Å². The third kappa shape index (κ3) is 7.22. The molecule has 4 unspecified atom stereocenters. The Kier molecular flexibility index (Phi) is 9.92. The van der Waals surface area contributed by atoms with Gasteiger partial charge < -0.3 is 20.7 Å². The van der Waals surface area contributed by atoms with Crippen LogP contribution < -0.4 is 21.0 Å². The molecule has 2 aliphatic rings. The van der Waals surface area contributed by atoms with Crippen LogP contribution in [0.2, 0.25) is 5.02 Å². The van der Waals surface area contributed by atoms with E-state index in [2.05, 4.69) is 31.3 Å². The van der Waals surface area contributed by atoms with Crippen molar-refractivity contribution >= 4 is 46.4 Å². The first-order valence-corrected chi connectivity index (χ1v) is 15.3. The second-order valence-corrected chi connectivity index (χ2v) is 11.5. The monoisotopic (exact) mass is 635 g/mol. The number of carbonyl (C=O) groups is 3. The number of benzene rings is 2. The van der Waals surface area contributed by atoms with E-state index in [1.165, 1.54) is 17.1 Å². The number of nitrogens with zero attached hydrogens (tertiary/aromatic N) is 4. The molecular weight excluding hydrogens is 601 g/mol. The zero-order chi connectivity index (χ0) is 32.1. The molecule has 0 fully saturated rings. The third-order valence-corrected chi connectivity index (χ3v) is 8.22. The van der Waals surface area contributed by atoms with Crippen molar-refractivity contribution in [3.63, 3.8) is 0 Å². The summed E-state index contributed by atoms with van der Waals surface area (Å²) in [6.45, 7) is 5.63. The van der Waals surface area contributed by atoms with Gasteiger partial charge in [-0.15, -0.1) is 0 Å². The summed E-state index contributed by atoms with van der Waals surface area (Å²) in [5.74, 6) is -1.83. The number of nitrogens with one attached hydrogen (secondary N) is 3. The molecule has 0 spiro atoms. The fourth-order valence-corrected chi connectivity index (χ4v) is 5.57. The van der Waals surface area contributed by atoms with Crippen molar-refractivity contribution in [2.75, 3.05) is 28.8 Å². The van der Waals surface area contributed by atoms with E-state index in [9.17, 15) is 18.8 Å². The molecule has 2 aromatic carbocycles. The van der Waals surface area contributed by atoms with Crippen molar-refractivity contribution in [3.8, 4) is 11.1 Å². The first kappa shape index (κ1) is 31.8. The number of ether oxygens (including phenoxy) is 1. The molecule has 2 aliphatic heterocycles. The Balaban J connectivity index is 1.40. The van der Waals surface area contributed by atoms with Gasteiger partial charge in [0.1, 0.15) is 6.54 Å². The lowest BCUT2D eigenvalue weighted by molar-refractivity contribution is -0.141. The lowest BCUT2D eigenvalue weighted by Crippen LogP contribution is -2.44. The van der Waals surface area contributed by atoms with Gasteiger partial charge in [0.15, 0.2) is 11.9 Å². The minimum Gasteiger partial charge on any atom is -0.465 e. The van der Waals surface area contributed by atoms with Crippen LogP contribution in [0.25, 0.3) is 11.1 Å². The van der Waals surface area contributed by atoms with Gasteiger partial charge in [0.05, 0.1) is 40.8 Å². The number of aromatic nitrogens is 1. The molecule has 5 rings (SSSR count). The van der Waals surface area contributed by atoms with Crippen LogP contribution in [0.3, 0.4) is 0 Å². The Morgan fingerprint density at radius 2 is 1.98 bits per heavy atom. The SMILES string of the molecule is CCOC(=O)CNc1ccc2c(c1)NC(=O)C(C)CCCC(NC(=O)C1N=NN(c3cccc(Cl)c3F)C1C)c1cc-2ccn1. The number of hydrogen-bond acceptors (Lipinski definition) is 9. The molecular formula is C32H35ClFN7O4. The van der Waals surface area contributed by atoms with Gasteiger partial charge in [-0.1, -0.05) is 42.3 Å². The Bertz CT molecular complexity index is 1620. The maximum atomic E-state index is 14.7. The molecule has 0 saturated carbocycles. The minimum absolute atomic E-state index is 0.0112. The summed E-state index contributed by atoms with van der Waals surface area (Å²) in [6, 6.07) is 11.8. The molecule has 236 valence electrons. The number of amides is 2. The van der Waals surface area contributed by atoms with Gasteiger partial charge in [-0.05, 0) is 68.7 Å². The molecule has 0 saturated heterocycles.